The van der Waals surface area contributed by atoms with Gasteiger partial charge in [0.05, 0.1) is 11.9 Å². The third kappa shape index (κ3) is 3.27. The summed E-state index contributed by atoms with van der Waals surface area (Å²) in [5, 5.41) is 3.06. The Balaban J connectivity index is 1.68. The molecule has 0 bridgehead atoms. The lowest BCUT2D eigenvalue weighted by molar-refractivity contribution is 0.0933. The molecule has 0 unspecified atom stereocenters. The monoisotopic (exact) mass is 295 g/mol. The number of hydrogen-bond donors (Lipinski definition) is 1. The van der Waals surface area contributed by atoms with Gasteiger partial charge in [-0.25, -0.2) is 4.98 Å². The summed E-state index contributed by atoms with van der Waals surface area (Å²) in [4.78, 5) is 18.5. The van der Waals surface area contributed by atoms with Crippen LogP contribution in [0, 0.1) is 0 Å². The highest BCUT2D eigenvalue weighted by atomic mass is 16.1. The molecule has 0 atom stereocenters. The second-order valence-electron chi connectivity index (χ2n) is 5.75. The van der Waals surface area contributed by atoms with E-state index in [0.29, 0.717) is 11.7 Å². The number of benzene rings is 1. The van der Waals surface area contributed by atoms with E-state index in [1.165, 1.54) is 12.8 Å². The molecule has 4 heteroatoms. The number of nitrogens with one attached hydrogen (secondary N) is 1. The molecule has 1 N–H and O–H groups in total. The summed E-state index contributed by atoms with van der Waals surface area (Å²) in [5.41, 5.74) is 2.54. The number of nitrogens with zero attached hydrogens (tertiary/aromatic N) is 2. The fourth-order valence-electron chi connectivity index (χ4n) is 2.85. The Kier molecular flexibility index (Phi) is 4.37. The molecular weight excluding hydrogens is 274 g/mol. The van der Waals surface area contributed by atoms with Crippen molar-refractivity contribution < 1.29 is 4.79 Å². The van der Waals surface area contributed by atoms with Gasteiger partial charge in [-0.05, 0) is 37.1 Å². The quantitative estimate of drug-likeness (QED) is 0.938. The highest BCUT2D eigenvalue weighted by Crippen LogP contribution is 2.22. The summed E-state index contributed by atoms with van der Waals surface area (Å²) in [6.45, 7) is 0. The molecule has 4 nitrogen and oxygen atoms in total. The van der Waals surface area contributed by atoms with Gasteiger partial charge < -0.3 is 10.2 Å². The molecule has 1 aromatic heterocycles. The predicted molar refractivity (Wildman–Crippen MR) is 88.5 cm³/mol. The predicted octanol–water partition coefficient (Wildman–Crippen LogP) is 3.52. The van der Waals surface area contributed by atoms with Crippen molar-refractivity contribution in [1.82, 2.24) is 10.3 Å². The first-order valence-electron chi connectivity index (χ1n) is 7.80. The molecule has 1 aliphatic carbocycles. The van der Waals surface area contributed by atoms with E-state index in [9.17, 15) is 4.79 Å². The summed E-state index contributed by atoms with van der Waals surface area (Å²) < 4.78 is 0. The van der Waals surface area contributed by atoms with Gasteiger partial charge in [0.2, 0.25) is 0 Å². The molecule has 0 radical (unpaired) electrons. The second kappa shape index (κ2) is 6.60. The van der Waals surface area contributed by atoms with Crippen LogP contribution < -0.4 is 10.2 Å². The Bertz CT molecular complexity index is 619. The number of anilines is 2. The van der Waals surface area contributed by atoms with E-state index in [-0.39, 0.29) is 5.91 Å². The average Bonchev–Trinajstić information content (AvgIpc) is 3.08. The van der Waals surface area contributed by atoms with Crippen LogP contribution in [0.15, 0.2) is 48.7 Å². The number of pyridine rings is 1. The van der Waals surface area contributed by atoms with Crippen LogP contribution in [0.2, 0.25) is 0 Å². The van der Waals surface area contributed by atoms with E-state index in [1.807, 2.05) is 48.3 Å². The van der Waals surface area contributed by atoms with Gasteiger partial charge in [0, 0.05) is 18.8 Å². The first-order chi connectivity index (χ1) is 10.7. The Morgan fingerprint density at radius 1 is 1.09 bits per heavy atom. The minimum Gasteiger partial charge on any atom is -0.348 e. The average molecular weight is 295 g/mol. The molecule has 22 heavy (non-hydrogen) atoms. The minimum absolute atomic E-state index is 0.0687. The molecule has 3 rings (SSSR count). The highest BCUT2D eigenvalue weighted by molar-refractivity contribution is 5.92. The standard InChI is InChI=1S/C18H21N3O/c1-21(15-9-3-2-4-10-15)16-11-12-17(19-13-16)18(22)20-14-7-5-6-8-14/h2-4,9-14H,5-8H2,1H3,(H,20,22). The Hall–Kier alpha value is -2.36. The minimum atomic E-state index is -0.0687. The van der Waals surface area contributed by atoms with Crippen molar-refractivity contribution in [3.63, 3.8) is 0 Å². The third-order valence-electron chi connectivity index (χ3n) is 4.20. The molecule has 1 heterocycles. The van der Waals surface area contributed by atoms with E-state index in [4.69, 9.17) is 0 Å². The molecule has 0 saturated heterocycles. The van der Waals surface area contributed by atoms with Gasteiger partial charge in [0.1, 0.15) is 5.69 Å². The van der Waals surface area contributed by atoms with Gasteiger partial charge in [-0.15, -0.1) is 0 Å². The Morgan fingerprint density at radius 3 is 2.45 bits per heavy atom. The lowest BCUT2D eigenvalue weighted by Gasteiger charge is -2.19. The molecule has 1 fully saturated rings. The maximum absolute atomic E-state index is 12.2. The van der Waals surface area contributed by atoms with E-state index in [1.54, 1.807) is 12.3 Å². The zero-order valence-corrected chi connectivity index (χ0v) is 12.8. The largest absolute Gasteiger partial charge is 0.348 e. The van der Waals surface area contributed by atoms with Crippen LogP contribution in [0.4, 0.5) is 11.4 Å². The first-order valence-corrected chi connectivity index (χ1v) is 7.80. The van der Waals surface area contributed by atoms with Gasteiger partial charge in [0.25, 0.3) is 5.91 Å². The normalized spacial score (nSPS) is 14.8. The number of carbonyl (C=O) groups is 1. The highest BCUT2D eigenvalue weighted by Gasteiger charge is 2.18. The molecule has 1 aromatic carbocycles. The van der Waals surface area contributed by atoms with Gasteiger partial charge in [0.15, 0.2) is 0 Å². The van der Waals surface area contributed by atoms with Crippen molar-refractivity contribution in [2.75, 3.05) is 11.9 Å². The van der Waals surface area contributed by atoms with Gasteiger partial charge in [-0.1, -0.05) is 31.0 Å². The van der Waals surface area contributed by atoms with E-state index < -0.39 is 0 Å². The Morgan fingerprint density at radius 2 is 1.82 bits per heavy atom. The van der Waals surface area contributed by atoms with Crippen LogP contribution in [-0.4, -0.2) is 24.0 Å². The van der Waals surface area contributed by atoms with Gasteiger partial charge in [-0.2, -0.15) is 0 Å². The van der Waals surface area contributed by atoms with Crippen molar-refractivity contribution >= 4 is 17.3 Å². The SMILES string of the molecule is CN(c1ccccc1)c1ccc(C(=O)NC2CCCC2)nc1. The first kappa shape index (κ1) is 14.6. The summed E-state index contributed by atoms with van der Waals surface area (Å²) >= 11 is 0. The maximum atomic E-state index is 12.2. The molecule has 0 aliphatic heterocycles. The van der Waals surface area contributed by atoms with Crippen molar-refractivity contribution in [1.29, 1.82) is 0 Å². The fourth-order valence-corrected chi connectivity index (χ4v) is 2.85. The zero-order chi connectivity index (χ0) is 15.4. The van der Waals surface area contributed by atoms with Crippen LogP contribution in [0.1, 0.15) is 36.2 Å². The van der Waals surface area contributed by atoms with Crippen LogP contribution in [0.5, 0.6) is 0 Å². The van der Waals surface area contributed by atoms with E-state index in [0.717, 1.165) is 24.2 Å². The molecule has 1 amide bonds. The van der Waals surface area contributed by atoms with Crippen LogP contribution in [0.3, 0.4) is 0 Å². The van der Waals surface area contributed by atoms with Crippen LogP contribution in [-0.2, 0) is 0 Å². The number of para-hydroxylation sites is 1. The van der Waals surface area contributed by atoms with E-state index >= 15 is 0 Å². The Labute approximate surface area is 131 Å². The number of carbonyl (C=O) groups excluding carboxylic acids is 1. The summed E-state index contributed by atoms with van der Waals surface area (Å²) in [6.07, 6.45) is 6.33. The molecule has 2 aromatic rings. The third-order valence-corrected chi connectivity index (χ3v) is 4.20. The van der Waals surface area contributed by atoms with Gasteiger partial charge in [-0.3, -0.25) is 4.79 Å². The maximum Gasteiger partial charge on any atom is 0.270 e. The lowest BCUT2D eigenvalue weighted by atomic mass is 10.2. The zero-order valence-electron chi connectivity index (χ0n) is 12.8. The smallest absolute Gasteiger partial charge is 0.270 e. The van der Waals surface area contributed by atoms with Crippen molar-refractivity contribution in [3.05, 3.63) is 54.4 Å². The van der Waals surface area contributed by atoms with Crippen molar-refractivity contribution in [2.45, 2.75) is 31.7 Å². The fraction of sp³-hybridized carbons (Fsp3) is 0.333. The van der Waals surface area contributed by atoms with Crippen LogP contribution in [0.25, 0.3) is 0 Å². The number of hydrogen-bond acceptors (Lipinski definition) is 3. The molecule has 0 spiro atoms. The lowest BCUT2D eigenvalue weighted by Crippen LogP contribution is -2.33. The molecular formula is C18H21N3O. The van der Waals surface area contributed by atoms with E-state index in [2.05, 4.69) is 10.3 Å². The van der Waals surface area contributed by atoms with Crippen molar-refractivity contribution in [2.24, 2.45) is 0 Å². The molecule has 1 aliphatic rings. The number of rotatable bonds is 4. The van der Waals surface area contributed by atoms with Gasteiger partial charge >= 0.3 is 0 Å². The number of amides is 1. The summed E-state index contributed by atoms with van der Waals surface area (Å²) in [7, 11) is 1.99. The topological polar surface area (TPSA) is 45.2 Å². The van der Waals surface area contributed by atoms with Crippen molar-refractivity contribution in [3.8, 4) is 0 Å². The summed E-state index contributed by atoms with van der Waals surface area (Å²) in [5.74, 6) is -0.0687. The summed E-state index contributed by atoms with van der Waals surface area (Å²) in [6, 6.07) is 14.1. The number of aromatic nitrogens is 1. The molecule has 114 valence electrons. The molecule has 1 saturated carbocycles. The second-order valence-corrected chi connectivity index (χ2v) is 5.75. The van der Waals surface area contributed by atoms with Crippen LogP contribution >= 0.6 is 0 Å².